The molecule has 3 heterocycles. The highest BCUT2D eigenvalue weighted by Crippen LogP contribution is 2.43. The van der Waals surface area contributed by atoms with Crippen molar-refractivity contribution in [3.63, 3.8) is 0 Å². The van der Waals surface area contributed by atoms with Gasteiger partial charge in [0.15, 0.2) is 23.8 Å². The summed E-state index contributed by atoms with van der Waals surface area (Å²) in [5.74, 6) is -0.908. The highest BCUT2D eigenvalue weighted by atomic mass is 16.6. The van der Waals surface area contributed by atoms with E-state index in [-0.39, 0.29) is 17.0 Å². The molecule has 0 saturated carbocycles. The maximum atomic E-state index is 11.5. The third kappa shape index (κ3) is 3.66. The van der Waals surface area contributed by atoms with E-state index in [1.807, 2.05) is 0 Å². The second-order valence-corrected chi connectivity index (χ2v) is 6.99. The number of nitrogens with two attached hydrogens (primary N) is 1. The predicted molar refractivity (Wildman–Crippen MR) is 108 cm³/mol. The van der Waals surface area contributed by atoms with E-state index in [1.165, 1.54) is 10.9 Å². The minimum absolute atomic E-state index is 0.0416. The summed E-state index contributed by atoms with van der Waals surface area (Å²) in [6.45, 7) is -0.753. The number of rotatable bonds is 7. The zero-order valence-electron chi connectivity index (χ0n) is 16.7. The first-order valence-electron chi connectivity index (χ1n) is 9.29. The first-order chi connectivity index (χ1) is 16.1. The van der Waals surface area contributed by atoms with E-state index in [9.17, 15) is 40.6 Å². The molecule has 18 heteroatoms. The maximum absolute atomic E-state index is 11.5. The highest BCUT2D eigenvalue weighted by Gasteiger charge is 2.48. The molecule has 34 heavy (non-hydrogen) atoms. The Morgan fingerprint density at radius 2 is 1.74 bits per heavy atom. The highest BCUT2D eigenvalue weighted by molar-refractivity contribution is 5.81. The van der Waals surface area contributed by atoms with Crippen molar-refractivity contribution in [3.05, 3.63) is 55.1 Å². The van der Waals surface area contributed by atoms with E-state index in [0.29, 0.717) is 12.1 Å². The summed E-state index contributed by atoms with van der Waals surface area (Å²) in [6.07, 6.45) is -3.47. The predicted octanol–water partition coefficient (Wildman–Crippen LogP) is -0.169. The van der Waals surface area contributed by atoms with Gasteiger partial charge in [0.1, 0.15) is 24.1 Å². The normalized spacial score (nSPS) is 22.1. The number of hydrogen-bond donors (Lipinski definition) is 3. The molecule has 1 fully saturated rings. The third-order valence-corrected chi connectivity index (χ3v) is 5.04. The molecule has 0 spiro atoms. The van der Waals surface area contributed by atoms with Crippen LogP contribution in [-0.2, 0) is 4.74 Å². The number of fused-ring (bicyclic) bond motifs is 1. The number of non-ortho nitro benzene ring substituents is 1. The summed E-state index contributed by atoms with van der Waals surface area (Å²) >= 11 is 0. The zero-order valence-corrected chi connectivity index (χ0v) is 16.7. The molecule has 1 saturated heterocycles. The van der Waals surface area contributed by atoms with Gasteiger partial charge < -0.3 is 25.4 Å². The Morgan fingerprint density at radius 3 is 2.29 bits per heavy atom. The molecule has 0 amide bonds. The SMILES string of the molecule is Nc1ncnc2c1ncn2[C@@H]1O[C@H](CO)[C@@H](Oc2c([N+](=O)[O-])cc([N+](=O)[O-])cc2[N+](=O)[O-])[C@H]1O. The van der Waals surface area contributed by atoms with Crippen LogP contribution in [0.1, 0.15) is 6.23 Å². The fraction of sp³-hybridized carbons (Fsp3) is 0.312. The molecule has 1 aromatic carbocycles. The van der Waals surface area contributed by atoms with Crippen molar-refractivity contribution in [1.29, 1.82) is 0 Å². The van der Waals surface area contributed by atoms with E-state index in [0.717, 1.165) is 6.33 Å². The van der Waals surface area contributed by atoms with Crippen LogP contribution in [0, 0.1) is 30.3 Å². The summed E-state index contributed by atoms with van der Waals surface area (Å²) in [5.41, 5.74) is 3.00. The number of aromatic nitrogens is 4. The third-order valence-electron chi connectivity index (χ3n) is 5.04. The van der Waals surface area contributed by atoms with Crippen molar-refractivity contribution in [2.45, 2.75) is 24.5 Å². The standard InChI is InChI=1S/C16H14N8O10/c17-14-10-15(19-4-18-14)21(5-20-10)16-11(26)13(9(3-25)33-16)34-12-7(23(29)30)1-6(22(27)28)2-8(12)24(31)32/h1-2,4-5,9,11,13,16,25-26H,3H2,(H2,17,18,19)/t9-,11-,13-,16-/m1/s1. The Bertz CT molecular complexity index is 1280. The number of hydrogen-bond acceptors (Lipinski definition) is 14. The summed E-state index contributed by atoms with van der Waals surface area (Å²) in [7, 11) is 0. The van der Waals surface area contributed by atoms with Gasteiger partial charge in [-0.2, -0.15) is 0 Å². The summed E-state index contributed by atoms with van der Waals surface area (Å²) in [4.78, 5) is 42.7. The van der Waals surface area contributed by atoms with Gasteiger partial charge in [-0.1, -0.05) is 0 Å². The monoisotopic (exact) mass is 478 g/mol. The van der Waals surface area contributed by atoms with Crippen LogP contribution in [0.5, 0.6) is 5.75 Å². The van der Waals surface area contributed by atoms with Crippen LogP contribution >= 0.6 is 0 Å². The van der Waals surface area contributed by atoms with Gasteiger partial charge >= 0.3 is 11.4 Å². The molecule has 178 valence electrons. The van der Waals surface area contributed by atoms with E-state index in [2.05, 4.69) is 15.0 Å². The minimum Gasteiger partial charge on any atom is -0.473 e. The van der Waals surface area contributed by atoms with Gasteiger partial charge in [0.2, 0.25) is 0 Å². The van der Waals surface area contributed by atoms with Gasteiger partial charge in [0.25, 0.3) is 11.4 Å². The Kier molecular flexibility index (Phi) is 5.61. The average Bonchev–Trinajstić information content (AvgIpc) is 3.35. The van der Waals surface area contributed by atoms with Gasteiger partial charge in [0.05, 0.1) is 39.8 Å². The summed E-state index contributed by atoms with van der Waals surface area (Å²) in [6, 6.07) is 0.970. The van der Waals surface area contributed by atoms with Crippen LogP contribution < -0.4 is 10.5 Å². The molecule has 0 unspecified atom stereocenters. The largest absolute Gasteiger partial charge is 0.473 e. The fourth-order valence-electron chi connectivity index (χ4n) is 3.52. The number of imidazole rings is 1. The van der Waals surface area contributed by atoms with Crippen molar-refractivity contribution in [1.82, 2.24) is 19.5 Å². The molecule has 4 N–H and O–H groups in total. The quantitative estimate of drug-likeness (QED) is 0.294. The number of aliphatic hydroxyl groups is 2. The van der Waals surface area contributed by atoms with Crippen LogP contribution in [0.25, 0.3) is 11.2 Å². The number of ether oxygens (including phenoxy) is 2. The summed E-state index contributed by atoms with van der Waals surface area (Å²) < 4.78 is 12.3. The van der Waals surface area contributed by atoms with Gasteiger partial charge in [-0.05, 0) is 0 Å². The smallest absolute Gasteiger partial charge is 0.325 e. The Morgan fingerprint density at radius 1 is 1.09 bits per heavy atom. The van der Waals surface area contributed by atoms with E-state index >= 15 is 0 Å². The maximum Gasteiger partial charge on any atom is 0.325 e. The molecule has 4 rings (SSSR count). The van der Waals surface area contributed by atoms with Gasteiger partial charge in [-0.3, -0.25) is 34.9 Å². The number of benzene rings is 1. The molecule has 4 atom stereocenters. The molecule has 18 nitrogen and oxygen atoms in total. The van der Waals surface area contributed by atoms with Crippen molar-refractivity contribution in [2.24, 2.45) is 0 Å². The lowest BCUT2D eigenvalue weighted by Crippen LogP contribution is -2.39. The van der Waals surface area contributed by atoms with Crippen molar-refractivity contribution >= 4 is 34.0 Å². The molecule has 0 aliphatic carbocycles. The number of nitro benzene ring substituents is 3. The average molecular weight is 478 g/mol. The summed E-state index contributed by atoms with van der Waals surface area (Å²) in [5, 5.41) is 54.7. The van der Waals surface area contributed by atoms with Gasteiger partial charge in [-0.25, -0.2) is 15.0 Å². The second-order valence-electron chi connectivity index (χ2n) is 6.99. The number of aliphatic hydroxyl groups excluding tert-OH is 2. The van der Waals surface area contributed by atoms with Crippen LogP contribution in [0.15, 0.2) is 24.8 Å². The van der Waals surface area contributed by atoms with Crippen LogP contribution in [-0.4, -0.2) is 69.4 Å². The van der Waals surface area contributed by atoms with Gasteiger partial charge in [0, 0.05) is 0 Å². The van der Waals surface area contributed by atoms with Crippen LogP contribution in [0.3, 0.4) is 0 Å². The molecule has 0 radical (unpaired) electrons. The number of nitro groups is 3. The molecular weight excluding hydrogens is 464 g/mol. The minimum atomic E-state index is -1.65. The number of nitrogen functional groups attached to an aromatic ring is 1. The van der Waals surface area contributed by atoms with Crippen molar-refractivity contribution in [2.75, 3.05) is 12.3 Å². The van der Waals surface area contributed by atoms with Crippen LogP contribution in [0.2, 0.25) is 0 Å². The second kappa shape index (κ2) is 8.42. The molecule has 1 aliphatic heterocycles. The van der Waals surface area contributed by atoms with Crippen molar-refractivity contribution < 1.29 is 34.5 Å². The van der Waals surface area contributed by atoms with Crippen molar-refractivity contribution in [3.8, 4) is 5.75 Å². The van der Waals surface area contributed by atoms with E-state index in [1.54, 1.807) is 0 Å². The Labute approximate surface area is 186 Å². The van der Waals surface area contributed by atoms with Crippen LogP contribution in [0.4, 0.5) is 22.9 Å². The number of anilines is 1. The number of nitrogens with zero attached hydrogens (tertiary/aromatic N) is 7. The lowest BCUT2D eigenvalue weighted by Gasteiger charge is -2.20. The Hall–Kier alpha value is -4.55. The Balaban J connectivity index is 1.76. The molecule has 3 aromatic rings. The molecule has 1 aliphatic rings. The lowest BCUT2D eigenvalue weighted by molar-refractivity contribution is -0.404. The fourth-order valence-corrected chi connectivity index (χ4v) is 3.52. The molecule has 0 bridgehead atoms. The molecular formula is C16H14N8O10. The topological polar surface area (TPSA) is 258 Å². The van der Waals surface area contributed by atoms with E-state index < -0.39 is 68.7 Å². The first kappa shape index (κ1) is 22.6. The van der Waals surface area contributed by atoms with E-state index in [4.69, 9.17) is 15.2 Å². The molecule has 2 aromatic heterocycles. The van der Waals surface area contributed by atoms with Gasteiger partial charge in [-0.15, -0.1) is 0 Å². The zero-order chi connectivity index (χ0) is 24.7. The lowest BCUT2D eigenvalue weighted by atomic mass is 10.1. The first-order valence-corrected chi connectivity index (χ1v) is 9.29.